The van der Waals surface area contributed by atoms with E-state index >= 15 is 0 Å². The van der Waals surface area contributed by atoms with Gasteiger partial charge in [-0.2, -0.15) is 0 Å². The van der Waals surface area contributed by atoms with Crippen molar-refractivity contribution in [1.82, 2.24) is 9.55 Å². The molecular weight excluding hydrogens is 274 g/mol. The van der Waals surface area contributed by atoms with E-state index in [4.69, 9.17) is 0 Å². The summed E-state index contributed by atoms with van der Waals surface area (Å²) in [5, 5.41) is 0. The van der Waals surface area contributed by atoms with Crippen molar-refractivity contribution in [3.8, 4) is 5.69 Å². The summed E-state index contributed by atoms with van der Waals surface area (Å²) in [6.45, 7) is 10.4. The Bertz CT molecular complexity index is 709. The molecule has 1 atom stereocenters. The highest BCUT2D eigenvalue weighted by molar-refractivity contribution is 5.98. The van der Waals surface area contributed by atoms with Crippen LogP contribution in [-0.2, 0) is 4.79 Å². The molecule has 0 fully saturated rings. The van der Waals surface area contributed by atoms with E-state index in [0.717, 1.165) is 17.1 Å². The lowest BCUT2D eigenvalue weighted by molar-refractivity contribution is -0.122. The Hall–Kier alpha value is -2.10. The molecule has 1 amide bonds. The van der Waals surface area contributed by atoms with E-state index in [1.807, 2.05) is 55.5 Å². The van der Waals surface area contributed by atoms with E-state index in [-0.39, 0.29) is 23.3 Å². The first-order valence-corrected chi connectivity index (χ1v) is 7.77. The number of rotatable bonds is 1. The third-order valence-corrected chi connectivity index (χ3v) is 4.16. The van der Waals surface area contributed by atoms with Gasteiger partial charge in [-0.1, -0.05) is 46.8 Å². The Kier molecular flexibility index (Phi) is 3.35. The molecule has 1 unspecified atom stereocenters. The number of imidazole rings is 1. The summed E-state index contributed by atoms with van der Waals surface area (Å²) in [7, 11) is 0. The fourth-order valence-electron chi connectivity index (χ4n) is 3.21. The van der Waals surface area contributed by atoms with Crippen molar-refractivity contribution in [2.24, 2.45) is 11.3 Å². The zero-order valence-electron chi connectivity index (χ0n) is 13.9. The second-order valence-electron chi connectivity index (χ2n) is 7.31. The zero-order valence-corrected chi connectivity index (χ0v) is 13.9. The predicted octanol–water partition coefficient (Wildman–Crippen LogP) is 3.96. The van der Waals surface area contributed by atoms with Gasteiger partial charge in [0.1, 0.15) is 0 Å². The number of hydrogen-bond donors (Lipinski definition) is 0. The van der Waals surface area contributed by atoms with Gasteiger partial charge < -0.3 is 4.90 Å². The smallest absolute Gasteiger partial charge is 0.230 e. The molecule has 3 rings (SSSR count). The van der Waals surface area contributed by atoms with Crippen LogP contribution in [0.2, 0.25) is 0 Å². The second kappa shape index (κ2) is 4.97. The minimum Gasteiger partial charge on any atom is -0.301 e. The molecule has 0 spiro atoms. The van der Waals surface area contributed by atoms with Gasteiger partial charge in [-0.15, -0.1) is 0 Å². The lowest BCUT2D eigenvalue weighted by Crippen LogP contribution is -2.46. The zero-order chi connectivity index (χ0) is 16.1. The summed E-state index contributed by atoms with van der Waals surface area (Å²) in [5.41, 5.74) is 2.96. The van der Waals surface area contributed by atoms with Crippen LogP contribution in [0, 0.1) is 11.3 Å². The number of para-hydroxylation sites is 2. The van der Waals surface area contributed by atoms with Crippen LogP contribution in [0.5, 0.6) is 0 Å². The fourth-order valence-corrected chi connectivity index (χ4v) is 3.21. The van der Waals surface area contributed by atoms with E-state index < -0.39 is 0 Å². The minimum atomic E-state index is -0.0874. The molecule has 0 radical (unpaired) electrons. The Morgan fingerprint density at radius 1 is 1.18 bits per heavy atom. The predicted molar refractivity (Wildman–Crippen MR) is 88.1 cm³/mol. The Balaban J connectivity index is 2.28. The number of benzene rings is 1. The molecule has 1 aliphatic rings. The molecule has 2 heterocycles. The minimum absolute atomic E-state index is 0.0280. The van der Waals surface area contributed by atoms with Crippen LogP contribution >= 0.6 is 0 Å². The molecule has 1 aliphatic heterocycles. The average Bonchev–Trinajstić information content (AvgIpc) is 2.92. The van der Waals surface area contributed by atoms with Crippen LogP contribution in [-0.4, -0.2) is 15.5 Å². The summed E-state index contributed by atoms with van der Waals surface area (Å²) in [6, 6.07) is 8.02. The maximum atomic E-state index is 12.9. The number of aromatic nitrogens is 2. The number of carbonyl (C=O) groups is 1. The standard InChI is InChI=1S/C18H23N3O/c1-12(2)17(22)21-14-9-7-6-8-13(14)20-11-19-10-15(20)16(21)18(3,4)5/h6-12,16H,1-5H3. The van der Waals surface area contributed by atoms with Crippen molar-refractivity contribution < 1.29 is 4.79 Å². The van der Waals surface area contributed by atoms with Crippen molar-refractivity contribution in [3.05, 3.63) is 42.5 Å². The van der Waals surface area contributed by atoms with Gasteiger partial charge in [-0.05, 0) is 17.5 Å². The van der Waals surface area contributed by atoms with Crippen LogP contribution in [0.3, 0.4) is 0 Å². The van der Waals surface area contributed by atoms with Gasteiger partial charge in [0.2, 0.25) is 5.91 Å². The Labute approximate surface area is 131 Å². The molecule has 116 valence electrons. The maximum absolute atomic E-state index is 12.9. The highest BCUT2D eigenvalue weighted by Gasteiger charge is 2.42. The van der Waals surface area contributed by atoms with Crippen LogP contribution in [0.15, 0.2) is 36.8 Å². The van der Waals surface area contributed by atoms with Gasteiger partial charge >= 0.3 is 0 Å². The van der Waals surface area contributed by atoms with Gasteiger partial charge in [0.15, 0.2) is 0 Å². The normalized spacial score (nSPS) is 17.4. The van der Waals surface area contributed by atoms with E-state index in [1.54, 1.807) is 0 Å². The molecule has 4 nitrogen and oxygen atoms in total. The van der Waals surface area contributed by atoms with Crippen LogP contribution in [0.4, 0.5) is 5.69 Å². The van der Waals surface area contributed by atoms with Crippen LogP contribution < -0.4 is 4.90 Å². The number of anilines is 1. The van der Waals surface area contributed by atoms with Gasteiger partial charge in [0, 0.05) is 5.92 Å². The molecular formula is C18H23N3O. The third-order valence-electron chi connectivity index (χ3n) is 4.16. The van der Waals surface area contributed by atoms with E-state index in [2.05, 4.69) is 30.3 Å². The molecule has 2 aromatic rings. The van der Waals surface area contributed by atoms with Crippen molar-refractivity contribution in [2.75, 3.05) is 4.90 Å². The first-order valence-electron chi connectivity index (χ1n) is 7.77. The lowest BCUT2D eigenvalue weighted by atomic mass is 9.81. The fraction of sp³-hybridized carbons (Fsp3) is 0.444. The summed E-state index contributed by atoms with van der Waals surface area (Å²) in [6.07, 6.45) is 3.72. The maximum Gasteiger partial charge on any atom is 0.230 e. The largest absolute Gasteiger partial charge is 0.301 e. The van der Waals surface area contributed by atoms with Crippen molar-refractivity contribution in [2.45, 2.75) is 40.7 Å². The highest BCUT2D eigenvalue weighted by atomic mass is 16.2. The van der Waals surface area contributed by atoms with Gasteiger partial charge in [-0.25, -0.2) is 4.98 Å². The molecule has 22 heavy (non-hydrogen) atoms. The van der Waals surface area contributed by atoms with Gasteiger partial charge in [0.25, 0.3) is 0 Å². The molecule has 0 saturated heterocycles. The Morgan fingerprint density at radius 2 is 1.82 bits per heavy atom. The quantitative estimate of drug-likeness (QED) is 0.799. The molecule has 1 aromatic carbocycles. The SMILES string of the molecule is CC(C)C(=O)N1c2ccccc2-n2cncc2C1C(C)(C)C. The number of nitrogens with zero attached hydrogens (tertiary/aromatic N) is 3. The van der Waals surface area contributed by atoms with Crippen LogP contribution in [0.25, 0.3) is 5.69 Å². The molecule has 0 saturated carbocycles. The first-order chi connectivity index (χ1) is 10.3. The van der Waals surface area contributed by atoms with Gasteiger partial charge in [-0.3, -0.25) is 9.36 Å². The van der Waals surface area contributed by atoms with E-state index in [0.29, 0.717) is 0 Å². The summed E-state index contributed by atoms with van der Waals surface area (Å²) < 4.78 is 2.11. The van der Waals surface area contributed by atoms with Crippen LogP contribution in [0.1, 0.15) is 46.4 Å². The summed E-state index contributed by atoms with van der Waals surface area (Å²) in [4.78, 5) is 19.2. The average molecular weight is 297 g/mol. The second-order valence-corrected chi connectivity index (χ2v) is 7.31. The third kappa shape index (κ3) is 2.14. The number of amides is 1. The molecule has 0 N–H and O–H groups in total. The Morgan fingerprint density at radius 3 is 2.41 bits per heavy atom. The molecule has 0 bridgehead atoms. The first kappa shape index (κ1) is 14.8. The summed E-state index contributed by atoms with van der Waals surface area (Å²) in [5.74, 6) is 0.104. The molecule has 4 heteroatoms. The molecule has 0 aliphatic carbocycles. The van der Waals surface area contributed by atoms with E-state index in [9.17, 15) is 4.79 Å². The topological polar surface area (TPSA) is 38.1 Å². The monoisotopic (exact) mass is 297 g/mol. The van der Waals surface area contributed by atoms with Crippen molar-refractivity contribution in [1.29, 1.82) is 0 Å². The van der Waals surface area contributed by atoms with Gasteiger partial charge in [0.05, 0.1) is 35.6 Å². The molecule has 1 aromatic heterocycles. The lowest BCUT2D eigenvalue weighted by Gasteiger charge is -2.44. The van der Waals surface area contributed by atoms with E-state index in [1.165, 1.54) is 0 Å². The highest BCUT2D eigenvalue weighted by Crippen LogP contribution is 2.46. The van der Waals surface area contributed by atoms with Crippen molar-refractivity contribution in [3.63, 3.8) is 0 Å². The number of fused-ring (bicyclic) bond motifs is 3. The summed E-state index contributed by atoms with van der Waals surface area (Å²) >= 11 is 0. The number of hydrogen-bond acceptors (Lipinski definition) is 2. The number of carbonyl (C=O) groups excluding carboxylic acids is 1. The van der Waals surface area contributed by atoms with Crippen molar-refractivity contribution >= 4 is 11.6 Å².